The standard InChI is InChI=1S/C31H37ClN2O3/c1-2-36-29-17-11-15-27-24-33(23-25-12-5-3-6-13-25)19-20-34(18-9-4-10-21-37-31(27)29)30(35)22-26-14-7-8-16-28(26)32/h3,5-8,11-17H,2,4,9-10,18-24H2,1H3. The van der Waals surface area contributed by atoms with Crippen molar-refractivity contribution in [1.82, 2.24) is 9.80 Å². The van der Waals surface area contributed by atoms with E-state index in [0.29, 0.717) is 37.7 Å². The Bertz CT molecular complexity index is 1140. The predicted octanol–water partition coefficient (Wildman–Crippen LogP) is 6.37. The number of benzene rings is 3. The fourth-order valence-corrected chi connectivity index (χ4v) is 4.91. The van der Waals surface area contributed by atoms with E-state index in [1.165, 1.54) is 5.56 Å². The minimum Gasteiger partial charge on any atom is -0.490 e. The first-order valence-electron chi connectivity index (χ1n) is 13.3. The highest BCUT2D eigenvalue weighted by molar-refractivity contribution is 6.31. The molecule has 1 amide bonds. The Labute approximate surface area is 225 Å². The monoisotopic (exact) mass is 520 g/mol. The van der Waals surface area contributed by atoms with Gasteiger partial charge >= 0.3 is 0 Å². The van der Waals surface area contributed by atoms with E-state index < -0.39 is 0 Å². The lowest BCUT2D eigenvalue weighted by Crippen LogP contribution is -2.39. The molecule has 1 aliphatic heterocycles. The topological polar surface area (TPSA) is 42.0 Å². The highest BCUT2D eigenvalue weighted by Gasteiger charge is 2.20. The van der Waals surface area contributed by atoms with Gasteiger partial charge in [-0.05, 0) is 49.4 Å². The van der Waals surface area contributed by atoms with Gasteiger partial charge in [0.05, 0.1) is 19.6 Å². The van der Waals surface area contributed by atoms with Gasteiger partial charge < -0.3 is 14.4 Å². The Kier molecular flexibility index (Phi) is 10.3. The summed E-state index contributed by atoms with van der Waals surface area (Å²) in [7, 11) is 0. The number of hydrogen-bond acceptors (Lipinski definition) is 4. The summed E-state index contributed by atoms with van der Waals surface area (Å²) in [6, 6.07) is 24.2. The first-order valence-corrected chi connectivity index (χ1v) is 13.7. The molecule has 0 saturated heterocycles. The number of amides is 1. The molecule has 4 rings (SSSR count). The molecule has 0 aliphatic carbocycles. The van der Waals surface area contributed by atoms with E-state index in [-0.39, 0.29) is 5.91 Å². The summed E-state index contributed by atoms with van der Waals surface area (Å²) >= 11 is 6.36. The lowest BCUT2D eigenvalue weighted by Gasteiger charge is -2.29. The molecule has 0 spiro atoms. The van der Waals surface area contributed by atoms with E-state index in [1.54, 1.807) is 0 Å². The normalized spacial score (nSPS) is 15.5. The molecule has 3 aromatic rings. The third kappa shape index (κ3) is 7.98. The lowest BCUT2D eigenvalue weighted by molar-refractivity contribution is -0.130. The van der Waals surface area contributed by atoms with E-state index >= 15 is 0 Å². The van der Waals surface area contributed by atoms with Crippen LogP contribution in [0.5, 0.6) is 11.5 Å². The van der Waals surface area contributed by atoms with Crippen LogP contribution in [0.1, 0.15) is 42.9 Å². The van der Waals surface area contributed by atoms with Crippen LogP contribution in [-0.2, 0) is 24.3 Å². The van der Waals surface area contributed by atoms with Gasteiger partial charge in [0.15, 0.2) is 11.5 Å². The molecule has 0 radical (unpaired) electrons. The molecule has 37 heavy (non-hydrogen) atoms. The highest BCUT2D eigenvalue weighted by Crippen LogP contribution is 2.33. The molecule has 0 fully saturated rings. The number of ether oxygens (including phenoxy) is 2. The van der Waals surface area contributed by atoms with Crippen molar-refractivity contribution in [2.75, 3.05) is 32.8 Å². The summed E-state index contributed by atoms with van der Waals surface area (Å²) in [5.41, 5.74) is 3.23. The lowest BCUT2D eigenvalue weighted by atomic mass is 10.1. The van der Waals surface area contributed by atoms with E-state index in [9.17, 15) is 4.79 Å². The van der Waals surface area contributed by atoms with Gasteiger partial charge in [-0.1, -0.05) is 72.3 Å². The Morgan fingerprint density at radius 2 is 1.73 bits per heavy atom. The number of para-hydroxylation sites is 1. The second-order valence-electron chi connectivity index (χ2n) is 9.43. The number of carbonyl (C=O) groups excluding carboxylic acids is 1. The van der Waals surface area contributed by atoms with Crippen LogP contribution in [0.25, 0.3) is 0 Å². The highest BCUT2D eigenvalue weighted by atomic mass is 35.5. The van der Waals surface area contributed by atoms with Crippen LogP contribution < -0.4 is 9.47 Å². The van der Waals surface area contributed by atoms with Gasteiger partial charge in [-0.3, -0.25) is 9.69 Å². The van der Waals surface area contributed by atoms with Crippen LogP contribution in [0.3, 0.4) is 0 Å². The number of carbonyl (C=O) groups is 1. The number of rotatable bonds is 6. The van der Waals surface area contributed by atoms with Crippen LogP contribution in [0.4, 0.5) is 0 Å². The second kappa shape index (κ2) is 14.1. The summed E-state index contributed by atoms with van der Waals surface area (Å²) in [5, 5.41) is 0.645. The fourth-order valence-electron chi connectivity index (χ4n) is 4.71. The third-order valence-electron chi connectivity index (χ3n) is 6.66. The van der Waals surface area contributed by atoms with Crippen molar-refractivity contribution in [3.63, 3.8) is 0 Å². The van der Waals surface area contributed by atoms with Crippen molar-refractivity contribution < 1.29 is 14.3 Å². The number of halogens is 1. The molecule has 6 heteroatoms. The first-order chi connectivity index (χ1) is 18.1. The Morgan fingerprint density at radius 1 is 0.919 bits per heavy atom. The Balaban J connectivity index is 1.57. The zero-order chi connectivity index (χ0) is 25.9. The van der Waals surface area contributed by atoms with Crippen molar-refractivity contribution in [1.29, 1.82) is 0 Å². The molecule has 0 saturated carbocycles. The van der Waals surface area contributed by atoms with Crippen LogP contribution >= 0.6 is 11.6 Å². The Hall–Kier alpha value is -3.02. The first kappa shape index (κ1) is 27.0. The largest absolute Gasteiger partial charge is 0.490 e. The SMILES string of the molecule is CCOc1cccc2c1OCCCCCN(C(=O)Cc1ccccc1Cl)CCN(Cc1ccccc1)C2. The molecular formula is C31H37ClN2O3. The van der Waals surface area contributed by atoms with Gasteiger partial charge in [0.25, 0.3) is 0 Å². The van der Waals surface area contributed by atoms with E-state index in [2.05, 4.69) is 35.2 Å². The van der Waals surface area contributed by atoms with Crippen LogP contribution in [0.2, 0.25) is 5.02 Å². The molecule has 0 N–H and O–H groups in total. The predicted molar refractivity (Wildman–Crippen MR) is 149 cm³/mol. The summed E-state index contributed by atoms with van der Waals surface area (Å²) < 4.78 is 12.2. The molecular weight excluding hydrogens is 484 g/mol. The van der Waals surface area contributed by atoms with Gasteiger partial charge in [-0.25, -0.2) is 0 Å². The van der Waals surface area contributed by atoms with Gasteiger partial charge in [0.2, 0.25) is 5.91 Å². The van der Waals surface area contributed by atoms with Crippen molar-refractivity contribution in [3.8, 4) is 11.5 Å². The number of hydrogen-bond donors (Lipinski definition) is 0. The molecule has 0 unspecified atom stereocenters. The number of nitrogens with zero attached hydrogens (tertiary/aromatic N) is 2. The fraction of sp³-hybridized carbons (Fsp3) is 0.387. The maximum Gasteiger partial charge on any atom is 0.227 e. The second-order valence-corrected chi connectivity index (χ2v) is 9.84. The quantitative estimate of drug-likeness (QED) is 0.378. The summed E-state index contributed by atoms with van der Waals surface area (Å²) in [6.07, 6.45) is 3.19. The molecule has 1 aliphatic rings. The van der Waals surface area contributed by atoms with Crippen molar-refractivity contribution in [3.05, 3.63) is 94.5 Å². The van der Waals surface area contributed by atoms with Gasteiger partial charge in [0.1, 0.15) is 0 Å². The van der Waals surface area contributed by atoms with E-state index in [1.807, 2.05) is 54.3 Å². The van der Waals surface area contributed by atoms with Crippen molar-refractivity contribution in [2.24, 2.45) is 0 Å². The summed E-state index contributed by atoms with van der Waals surface area (Å²) in [4.78, 5) is 17.8. The molecule has 0 bridgehead atoms. The molecule has 196 valence electrons. The third-order valence-corrected chi connectivity index (χ3v) is 7.03. The minimum absolute atomic E-state index is 0.123. The van der Waals surface area contributed by atoms with Crippen molar-refractivity contribution >= 4 is 17.5 Å². The zero-order valence-corrected chi connectivity index (χ0v) is 22.5. The molecule has 1 heterocycles. The maximum absolute atomic E-state index is 13.4. The molecule has 0 aromatic heterocycles. The van der Waals surface area contributed by atoms with E-state index in [4.69, 9.17) is 21.1 Å². The molecule has 0 atom stereocenters. The summed E-state index contributed by atoms with van der Waals surface area (Å²) in [6.45, 7) is 6.86. The minimum atomic E-state index is 0.123. The molecule has 5 nitrogen and oxygen atoms in total. The molecule has 3 aromatic carbocycles. The average molecular weight is 521 g/mol. The number of fused-ring (bicyclic) bond motifs is 1. The Morgan fingerprint density at radius 3 is 2.54 bits per heavy atom. The zero-order valence-electron chi connectivity index (χ0n) is 21.7. The van der Waals surface area contributed by atoms with Crippen LogP contribution in [0, 0.1) is 0 Å². The van der Waals surface area contributed by atoms with Gasteiger partial charge in [-0.2, -0.15) is 0 Å². The van der Waals surface area contributed by atoms with Crippen LogP contribution in [0.15, 0.2) is 72.8 Å². The maximum atomic E-state index is 13.4. The van der Waals surface area contributed by atoms with Crippen LogP contribution in [-0.4, -0.2) is 48.6 Å². The van der Waals surface area contributed by atoms with Gasteiger partial charge in [0, 0.05) is 43.3 Å². The van der Waals surface area contributed by atoms with Gasteiger partial charge in [-0.15, -0.1) is 0 Å². The summed E-state index contributed by atoms with van der Waals surface area (Å²) in [5.74, 6) is 1.76. The average Bonchev–Trinajstić information content (AvgIpc) is 2.92. The smallest absolute Gasteiger partial charge is 0.227 e. The van der Waals surface area contributed by atoms with Crippen molar-refractivity contribution in [2.45, 2.75) is 45.7 Å². The van der Waals surface area contributed by atoms with E-state index in [0.717, 1.165) is 61.5 Å².